The number of nitrogens with zero attached hydrogens (tertiary/aromatic N) is 2. The summed E-state index contributed by atoms with van der Waals surface area (Å²) in [4.78, 5) is 4.09. The second-order valence-electron chi connectivity index (χ2n) is 5.09. The molecule has 2 N–H and O–H groups in total. The van der Waals surface area contributed by atoms with Crippen molar-refractivity contribution in [1.29, 1.82) is 0 Å². The van der Waals surface area contributed by atoms with E-state index in [1.54, 1.807) is 19.2 Å². The number of hydrogen-bond acceptors (Lipinski definition) is 3. The number of hydrogen-bond donors (Lipinski definition) is 2. The van der Waals surface area contributed by atoms with Gasteiger partial charge in [0.1, 0.15) is 5.82 Å². The molecular weight excluding hydrogens is 446 g/mol. The smallest absolute Gasteiger partial charge is 0.211 e. The molecule has 0 saturated heterocycles. The third-order valence-corrected chi connectivity index (χ3v) is 4.67. The van der Waals surface area contributed by atoms with Gasteiger partial charge in [-0.25, -0.2) is 17.1 Å². The van der Waals surface area contributed by atoms with Crippen LogP contribution < -0.4 is 10.6 Å². The van der Waals surface area contributed by atoms with Crippen molar-refractivity contribution in [2.75, 3.05) is 32.9 Å². The predicted octanol–water partition coefficient (Wildman–Crippen LogP) is 1.78. The molecule has 0 bridgehead atoms. The van der Waals surface area contributed by atoms with Crippen LogP contribution in [-0.2, 0) is 16.6 Å². The van der Waals surface area contributed by atoms with Crippen molar-refractivity contribution >= 4 is 40.0 Å². The molecule has 0 fully saturated rings. The predicted molar refractivity (Wildman–Crippen MR) is 107 cm³/mol. The van der Waals surface area contributed by atoms with Crippen LogP contribution in [0.3, 0.4) is 0 Å². The third kappa shape index (κ3) is 8.78. The molecule has 0 unspecified atom stereocenters. The van der Waals surface area contributed by atoms with E-state index in [9.17, 15) is 12.8 Å². The summed E-state index contributed by atoms with van der Waals surface area (Å²) in [6.07, 6.45) is 1.89. The van der Waals surface area contributed by atoms with E-state index in [-0.39, 0.29) is 29.8 Å². The molecule has 0 spiro atoms. The summed E-state index contributed by atoms with van der Waals surface area (Å²) in [5.41, 5.74) is 0.948. The Labute approximate surface area is 161 Å². The fourth-order valence-corrected chi connectivity index (χ4v) is 2.96. The van der Waals surface area contributed by atoms with Crippen LogP contribution >= 0.6 is 24.0 Å². The molecule has 0 amide bonds. The van der Waals surface area contributed by atoms with E-state index in [4.69, 9.17) is 0 Å². The van der Waals surface area contributed by atoms with E-state index < -0.39 is 10.0 Å². The molecule has 0 saturated carbocycles. The molecule has 9 heteroatoms. The molecule has 0 aliphatic carbocycles. The van der Waals surface area contributed by atoms with E-state index in [1.807, 2.05) is 6.92 Å². The lowest BCUT2D eigenvalue weighted by atomic mass is 10.2. The molecule has 138 valence electrons. The number of benzene rings is 1. The van der Waals surface area contributed by atoms with Crippen LogP contribution in [0.1, 0.15) is 18.9 Å². The summed E-state index contributed by atoms with van der Waals surface area (Å²) in [6.45, 7) is 3.89. The van der Waals surface area contributed by atoms with Gasteiger partial charge in [-0.15, -0.1) is 24.0 Å². The maximum atomic E-state index is 12.8. The normalized spacial score (nSPS) is 12.0. The second kappa shape index (κ2) is 11.6. The standard InChI is InChI=1S/C15H25FN4O2S.HI/c1-4-20(23(3,21)22)11-5-10-18-15(17-2)19-12-13-6-8-14(16)9-7-13;/h6-9H,4-5,10-12H2,1-3H3,(H2,17,18,19);1H. The van der Waals surface area contributed by atoms with Crippen molar-refractivity contribution in [1.82, 2.24) is 14.9 Å². The maximum Gasteiger partial charge on any atom is 0.211 e. The van der Waals surface area contributed by atoms with Crippen LogP contribution in [0.2, 0.25) is 0 Å². The first-order valence-corrected chi connectivity index (χ1v) is 9.35. The average molecular weight is 472 g/mol. The number of sulfonamides is 1. The van der Waals surface area contributed by atoms with Crippen LogP contribution in [0.15, 0.2) is 29.3 Å². The largest absolute Gasteiger partial charge is 0.356 e. The van der Waals surface area contributed by atoms with Crippen molar-refractivity contribution in [3.63, 3.8) is 0 Å². The van der Waals surface area contributed by atoms with Crippen LogP contribution in [0.4, 0.5) is 4.39 Å². The monoisotopic (exact) mass is 472 g/mol. The summed E-state index contributed by atoms with van der Waals surface area (Å²) < 4.78 is 37.2. The highest BCUT2D eigenvalue weighted by Crippen LogP contribution is 2.02. The zero-order valence-corrected chi connectivity index (χ0v) is 17.4. The zero-order chi connectivity index (χ0) is 17.3. The topological polar surface area (TPSA) is 73.8 Å². The Hall–Kier alpha value is -0.940. The summed E-state index contributed by atoms with van der Waals surface area (Å²) >= 11 is 0. The quantitative estimate of drug-likeness (QED) is 0.262. The molecule has 0 aliphatic heterocycles. The van der Waals surface area contributed by atoms with Gasteiger partial charge in [-0.2, -0.15) is 0 Å². The molecule has 1 aromatic carbocycles. The van der Waals surface area contributed by atoms with E-state index in [1.165, 1.54) is 22.7 Å². The van der Waals surface area contributed by atoms with Gasteiger partial charge >= 0.3 is 0 Å². The molecule has 0 radical (unpaired) electrons. The lowest BCUT2D eigenvalue weighted by Crippen LogP contribution is -2.39. The van der Waals surface area contributed by atoms with Gasteiger partial charge in [0.05, 0.1) is 6.26 Å². The molecule has 0 atom stereocenters. The Bertz CT molecular complexity index is 608. The third-order valence-electron chi connectivity index (χ3n) is 3.30. The number of rotatable bonds is 8. The van der Waals surface area contributed by atoms with Crippen LogP contribution in [0.5, 0.6) is 0 Å². The van der Waals surface area contributed by atoms with Gasteiger partial charge in [0, 0.05) is 33.2 Å². The molecule has 0 aromatic heterocycles. The van der Waals surface area contributed by atoms with Crippen molar-refractivity contribution in [2.45, 2.75) is 19.9 Å². The van der Waals surface area contributed by atoms with Crippen molar-refractivity contribution in [3.8, 4) is 0 Å². The fourth-order valence-electron chi connectivity index (χ4n) is 2.03. The van der Waals surface area contributed by atoms with E-state index in [0.29, 0.717) is 38.6 Å². The van der Waals surface area contributed by atoms with Gasteiger partial charge in [0.25, 0.3) is 0 Å². The lowest BCUT2D eigenvalue weighted by molar-refractivity contribution is 0.424. The first kappa shape index (κ1) is 23.1. The Morgan fingerprint density at radius 2 is 1.88 bits per heavy atom. The lowest BCUT2D eigenvalue weighted by Gasteiger charge is -2.18. The van der Waals surface area contributed by atoms with Gasteiger partial charge in [-0.05, 0) is 24.1 Å². The molecule has 1 rings (SSSR count). The summed E-state index contributed by atoms with van der Waals surface area (Å²) in [5, 5.41) is 6.25. The van der Waals surface area contributed by atoms with Crippen LogP contribution in [-0.4, -0.2) is 51.6 Å². The van der Waals surface area contributed by atoms with Gasteiger partial charge in [0.15, 0.2) is 5.96 Å². The van der Waals surface area contributed by atoms with E-state index in [2.05, 4.69) is 15.6 Å². The van der Waals surface area contributed by atoms with Gasteiger partial charge in [-0.3, -0.25) is 4.99 Å². The van der Waals surface area contributed by atoms with Crippen molar-refractivity contribution < 1.29 is 12.8 Å². The second-order valence-corrected chi connectivity index (χ2v) is 7.07. The van der Waals surface area contributed by atoms with Crippen LogP contribution in [0, 0.1) is 5.82 Å². The van der Waals surface area contributed by atoms with E-state index in [0.717, 1.165) is 5.56 Å². The summed E-state index contributed by atoms with van der Waals surface area (Å²) in [5.74, 6) is 0.361. The first-order chi connectivity index (χ1) is 10.9. The fraction of sp³-hybridized carbons (Fsp3) is 0.533. The Balaban J connectivity index is 0.00000529. The Kier molecular flexibility index (Phi) is 11.1. The zero-order valence-electron chi connectivity index (χ0n) is 14.3. The Morgan fingerprint density at radius 3 is 2.38 bits per heavy atom. The van der Waals surface area contributed by atoms with Crippen LogP contribution in [0.25, 0.3) is 0 Å². The van der Waals surface area contributed by atoms with Crippen molar-refractivity contribution in [3.05, 3.63) is 35.6 Å². The first-order valence-electron chi connectivity index (χ1n) is 7.51. The highest BCUT2D eigenvalue weighted by Gasteiger charge is 2.13. The highest BCUT2D eigenvalue weighted by molar-refractivity contribution is 14.0. The van der Waals surface area contributed by atoms with Crippen molar-refractivity contribution in [2.24, 2.45) is 4.99 Å². The highest BCUT2D eigenvalue weighted by atomic mass is 127. The van der Waals surface area contributed by atoms with Gasteiger partial charge in [-0.1, -0.05) is 19.1 Å². The minimum Gasteiger partial charge on any atom is -0.356 e. The molecule has 0 heterocycles. The summed E-state index contributed by atoms with van der Waals surface area (Å²) in [6, 6.07) is 6.25. The average Bonchev–Trinajstić information content (AvgIpc) is 2.50. The minimum absolute atomic E-state index is 0. The van der Waals surface area contributed by atoms with Gasteiger partial charge in [0.2, 0.25) is 10.0 Å². The molecule has 24 heavy (non-hydrogen) atoms. The van der Waals surface area contributed by atoms with E-state index >= 15 is 0 Å². The van der Waals surface area contributed by atoms with Gasteiger partial charge < -0.3 is 10.6 Å². The molecule has 6 nitrogen and oxygen atoms in total. The molecule has 0 aliphatic rings. The molecular formula is C15H26FIN4O2S. The molecule has 1 aromatic rings. The number of nitrogens with one attached hydrogen (secondary N) is 2. The number of guanidine groups is 1. The maximum absolute atomic E-state index is 12.8. The SMILES string of the molecule is CCN(CCCNC(=NC)NCc1ccc(F)cc1)S(C)(=O)=O.I. The number of halogens is 2. The Morgan fingerprint density at radius 1 is 1.25 bits per heavy atom. The minimum atomic E-state index is -3.14. The summed E-state index contributed by atoms with van der Waals surface area (Å²) in [7, 11) is -1.48. The number of aliphatic imine (C=N–C) groups is 1.